The Morgan fingerprint density at radius 3 is 2.64 bits per heavy atom. The first-order valence-electron chi connectivity index (χ1n) is 12.9. The summed E-state index contributed by atoms with van der Waals surface area (Å²) in [4.78, 5) is 21.6. The van der Waals surface area contributed by atoms with E-state index in [4.69, 9.17) is 21.3 Å². The molecule has 2 N–H and O–H groups in total. The number of hydrogen-bond donors (Lipinski definition) is 2. The Hall–Kier alpha value is -2.44. The van der Waals surface area contributed by atoms with Crippen LogP contribution in [-0.4, -0.2) is 41.8 Å². The zero-order valence-electron chi connectivity index (χ0n) is 21.3. The molecule has 0 spiro atoms. The van der Waals surface area contributed by atoms with E-state index in [2.05, 4.69) is 23.3 Å². The molecule has 1 heterocycles. The minimum atomic E-state index is -1.28. The van der Waals surface area contributed by atoms with Gasteiger partial charge in [-0.3, -0.25) is 4.79 Å². The van der Waals surface area contributed by atoms with Crippen molar-refractivity contribution in [3.63, 3.8) is 0 Å². The number of aromatic amines is 1. The molecule has 36 heavy (non-hydrogen) atoms. The molecule has 2 atom stereocenters. The highest BCUT2D eigenvalue weighted by Gasteiger charge is 2.46. The largest absolute Gasteiger partial charge is 0.383 e. The summed E-state index contributed by atoms with van der Waals surface area (Å²) in [7, 11) is 1.58. The topological polar surface area (TPSA) is 67.0 Å². The summed E-state index contributed by atoms with van der Waals surface area (Å²) in [5.74, 6) is 0.946. The van der Waals surface area contributed by atoms with E-state index in [1.165, 1.54) is 18.4 Å². The summed E-state index contributed by atoms with van der Waals surface area (Å²) in [6.07, 6.45) is 5.00. The first kappa shape index (κ1) is 25.2. The Kier molecular flexibility index (Phi) is 6.63. The van der Waals surface area contributed by atoms with Crippen LogP contribution in [0.4, 0.5) is 4.39 Å². The van der Waals surface area contributed by atoms with Gasteiger partial charge in [-0.05, 0) is 79.7 Å². The van der Waals surface area contributed by atoms with E-state index in [0.29, 0.717) is 12.8 Å². The molecule has 0 bridgehead atoms. The number of carbonyl (C=O) groups excluding carboxylic acids is 1. The predicted molar refractivity (Wildman–Crippen MR) is 141 cm³/mol. The minimum Gasteiger partial charge on any atom is -0.383 e. The fourth-order valence-corrected chi connectivity index (χ4v) is 5.73. The van der Waals surface area contributed by atoms with Gasteiger partial charge >= 0.3 is 0 Å². The van der Waals surface area contributed by atoms with Crippen molar-refractivity contribution < 1.29 is 13.9 Å². The zero-order chi connectivity index (χ0) is 25.6. The summed E-state index contributed by atoms with van der Waals surface area (Å²) < 4.78 is 20.0. The number of aromatic nitrogens is 2. The van der Waals surface area contributed by atoms with E-state index in [9.17, 15) is 9.18 Å². The number of amides is 1. The van der Waals surface area contributed by atoms with Gasteiger partial charge < -0.3 is 15.0 Å². The first-order chi connectivity index (χ1) is 17.2. The fraction of sp³-hybridized carbons (Fsp3) is 0.517. The van der Waals surface area contributed by atoms with Crippen molar-refractivity contribution in [2.75, 3.05) is 20.3 Å². The average molecular weight is 512 g/mol. The molecule has 2 saturated carbocycles. The van der Waals surface area contributed by atoms with Crippen molar-refractivity contribution in [1.82, 2.24) is 15.3 Å². The lowest BCUT2D eigenvalue weighted by molar-refractivity contribution is -0.129. The second-order valence-electron chi connectivity index (χ2n) is 11.3. The normalized spacial score (nSPS) is 20.4. The van der Waals surface area contributed by atoms with Gasteiger partial charge in [0.15, 0.2) is 0 Å². The third-order valence-electron chi connectivity index (χ3n) is 8.48. The lowest BCUT2D eigenvalue weighted by atomic mass is 9.80. The standard InChI is InChI=1S/C29H35ClFN3O2/c1-27(13-14-27)21(20-7-4-5-8-22(20)30)16-25-33-23-10-9-19(15-24(23)34-25)28(2,18-36-3)26(35)32-17-29(31)11-6-12-29/h4-5,7-10,15,21H,6,11-14,16-18H2,1-3H3,(H,32,35)(H,33,34)/t21-,28?/m1/s1. The van der Waals surface area contributed by atoms with Gasteiger partial charge in [-0.15, -0.1) is 0 Å². The van der Waals surface area contributed by atoms with Crippen molar-refractivity contribution in [1.29, 1.82) is 0 Å². The number of hydrogen-bond acceptors (Lipinski definition) is 3. The maximum Gasteiger partial charge on any atom is 0.232 e. The Morgan fingerprint density at radius 2 is 2.00 bits per heavy atom. The van der Waals surface area contributed by atoms with E-state index in [1.54, 1.807) is 7.11 Å². The van der Waals surface area contributed by atoms with Gasteiger partial charge in [-0.25, -0.2) is 9.37 Å². The fourth-order valence-electron chi connectivity index (χ4n) is 5.47. The average Bonchev–Trinajstić information content (AvgIpc) is 3.45. The number of rotatable bonds is 10. The molecule has 1 aromatic heterocycles. The number of halogens is 2. The monoisotopic (exact) mass is 511 g/mol. The van der Waals surface area contributed by atoms with Gasteiger partial charge in [0.05, 0.1) is 29.6 Å². The highest BCUT2D eigenvalue weighted by atomic mass is 35.5. The lowest BCUT2D eigenvalue weighted by Crippen LogP contribution is -2.51. The SMILES string of the molecule is COCC(C)(C(=O)NCC1(F)CCC1)c1ccc2[nH]c(C[C@H](c3ccccc3Cl)C3(C)CC3)nc2c1. The molecule has 192 valence electrons. The molecule has 5 nitrogen and oxygen atoms in total. The molecule has 1 amide bonds. The molecule has 1 unspecified atom stereocenters. The van der Waals surface area contributed by atoms with Crippen LogP contribution in [0.3, 0.4) is 0 Å². The first-order valence-corrected chi connectivity index (χ1v) is 13.2. The Labute approximate surface area is 217 Å². The third-order valence-corrected chi connectivity index (χ3v) is 8.82. The molecule has 5 rings (SSSR count). The molecule has 2 aliphatic carbocycles. The number of imidazole rings is 1. The third kappa shape index (κ3) is 4.78. The molecule has 2 aromatic carbocycles. The van der Waals surface area contributed by atoms with Crippen LogP contribution in [0.15, 0.2) is 42.5 Å². The van der Waals surface area contributed by atoms with Crippen LogP contribution in [-0.2, 0) is 21.4 Å². The maximum atomic E-state index is 14.5. The summed E-state index contributed by atoms with van der Waals surface area (Å²) in [5, 5.41) is 3.64. The van der Waals surface area contributed by atoms with Crippen LogP contribution in [0, 0.1) is 5.41 Å². The number of nitrogens with one attached hydrogen (secondary N) is 2. The van der Waals surface area contributed by atoms with Gasteiger partial charge in [-0.1, -0.05) is 42.8 Å². The molecule has 2 aliphatic rings. The van der Waals surface area contributed by atoms with Gasteiger partial charge in [-0.2, -0.15) is 0 Å². The zero-order valence-corrected chi connectivity index (χ0v) is 22.1. The number of ether oxygens (including phenoxy) is 1. The van der Waals surface area contributed by atoms with Crippen molar-refractivity contribution in [2.24, 2.45) is 5.41 Å². The van der Waals surface area contributed by atoms with Gasteiger partial charge in [0.25, 0.3) is 0 Å². The summed E-state index contributed by atoms with van der Waals surface area (Å²) in [6, 6.07) is 13.9. The summed E-state index contributed by atoms with van der Waals surface area (Å²) in [6.45, 7) is 4.39. The van der Waals surface area contributed by atoms with Gasteiger partial charge in [0.1, 0.15) is 11.5 Å². The molecular weight excluding hydrogens is 477 g/mol. The van der Waals surface area contributed by atoms with E-state index >= 15 is 0 Å². The molecule has 2 fully saturated rings. The second-order valence-corrected chi connectivity index (χ2v) is 11.7. The number of methoxy groups -OCH3 is 1. The Balaban J connectivity index is 1.40. The molecule has 0 saturated heterocycles. The van der Waals surface area contributed by atoms with Gasteiger partial charge in [0.2, 0.25) is 5.91 Å². The number of nitrogens with zero attached hydrogens (tertiary/aromatic N) is 1. The van der Waals surface area contributed by atoms with E-state index in [0.717, 1.165) is 40.3 Å². The van der Waals surface area contributed by atoms with Crippen LogP contribution in [0.5, 0.6) is 0 Å². The second kappa shape index (κ2) is 9.46. The number of H-pyrrole nitrogens is 1. The van der Waals surface area contributed by atoms with E-state index in [-0.39, 0.29) is 30.4 Å². The van der Waals surface area contributed by atoms with E-state index < -0.39 is 11.1 Å². The summed E-state index contributed by atoms with van der Waals surface area (Å²) in [5.41, 5.74) is 1.68. The maximum absolute atomic E-state index is 14.5. The van der Waals surface area contributed by atoms with E-state index in [1.807, 2.05) is 43.3 Å². The van der Waals surface area contributed by atoms with Crippen LogP contribution in [0.1, 0.15) is 68.8 Å². The molecule has 7 heteroatoms. The number of benzene rings is 2. The van der Waals surface area contributed by atoms with Crippen molar-refractivity contribution in [2.45, 2.75) is 69.4 Å². The summed E-state index contributed by atoms with van der Waals surface area (Å²) >= 11 is 6.59. The number of fused-ring (bicyclic) bond motifs is 1. The van der Waals surface area contributed by atoms with Crippen molar-refractivity contribution >= 4 is 28.5 Å². The molecule has 0 radical (unpaired) electrons. The predicted octanol–water partition coefficient (Wildman–Crippen LogP) is 6.26. The number of alkyl halides is 1. The Morgan fingerprint density at radius 1 is 1.25 bits per heavy atom. The molecule has 0 aliphatic heterocycles. The highest BCUT2D eigenvalue weighted by molar-refractivity contribution is 6.31. The van der Waals surface area contributed by atoms with Crippen LogP contribution >= 0.6 is 11.6 Å². The number of carbonyl (C=O) groups is 1. The van der Waals surface area contributed by atoms with Crippen LogP contribution in [0.25, 0.3) is 11.0 Å². The van der Waals surface area contributed by atoms with Crippen molar-refractivity contribution in [3.05, 3.63) is 64.4 Å². The lowest BCUT2D eigenvalue weighted by Gasteiger charge is -2.35. The quantitative estimate of drug-likeness (QED) is 0.338. The smallest absolute Gasteiger partial charge is 0.232 e. The van der Waals surface area contributed by atoms with Crippen LogP contribution in [0.2, 0.25) is 5.02 Å². The molecular formula is C29H35ClFN3O2. The highest BCUT2D eigenvalue weighted by Crippen LogP contribution is 2.57. The van der Waals surface area contributed by atoms with Gasteiger partial charge in [0, 0.05) is 18.6 Å². The Bertz CT molecular complexity index is 1270. The van der Waals surface area contributed by atoms with Crippen molar-refractivity contribution in [3.8, 4) is 0 Å². The molecule has 3 aromatic rings. The minimum absolute atomic E-state index is 0.0438. The van der Waals surface area contributed by atoms with Crippen LogP contribution < -0.4 is 5.32 Å².